The summed E-state index contributed by atoms with van der Waals surface area (Å²) in [5.74, 6) is -0.341. The molecule has 2 aromatic heterocycles. The summed E-state index contributed by atoms with van der Waals surface area (Å²) in [4.78, 5) is 16.4. The molecule has 0 radical (unpaired) electrons. The van der Waals surface area contributed by atoms with Gasteiger partial charge in [-0.1, -0.05) is 0 Å². The van der Waals surface area contributed by atoms with Gasteiger partial charge in [-0.2, -0.15) is 5.10 Å². The quantitative estimate of drug-likeness (QED) is 0.522. The van der Waals surface area contributed by atoms with E-state index in [1.807, 2.05) is 0 Å². The van der Waals surface area contributed by atoms with E-state index in [0.29, 0.717) is 22.7 Å². The number of aryl methyl sites for hydroxylation is 1. The number of nitrogens with two attached hydrogens (primary N) is 1. The van der Waals surface area contributed by atoms with Crippen molar-refractivity contribution < 1.29 is 13.2 Å². The van der Waals surface area contributed by atoms with E-state index in [-0.39, 0.29) is 64.3 Å². The van der Waals surface area contributed by atoms with Crippen molar-refractivity contribution in [1.29, 1.82) is 0 Å². The Bertz CT molecular complexity index is 1100. The molecule has 8 nitrogen and oxygen atoms in total. The number of carbonyl (C=O) groups excluding carboxylic acids is 1. The molecule has 0 saturated carbocycles. The van der Waals surface area contributed by atoms with E-state index < -0.39 is 9.84 Å². The molecule has 166 valence electrons. The second-order valence-corrected chi connectivity index (χ2v) is 9.08. The lowest BCUT2D eigenvalue weighted by Crippen LogP contribution is -2.23. The van der Waals surface area contributed by atoms with Gasteiger partial charge in [0.05, 0.1) is 17.3 Å². The highest BCUT2D eigenvalue weighted by Crippen LogP contribution is 2.30. The number of nitrogens with zero attached hydrogens (tertiary/aromatic N) is 3. The van der Waals surface area contributed by atoms with Gasteiger partial charge >= 0.3 is 0 Å². The van der Waals surface area contributed by atoms with Crippen molar-refractivity contribution in [2.75, 3.05) is 6.54 Å². The molecule has 0 spiro atoms. The van der Waals surface area contributed by atoms with Crippen molar-refractivity contribution >= 4 is 64.3 Å². The third kappa shape index (κ3) is 5.93. The number of carbonyl (C=O) groups is 1. The molecule has 0 aliphatic heterocycles. The molecule has 1 amide bonds. The van der Waals surface area contributed by atoms with Crippen LogP contribution >= 0.6 is 48.6 Å². The Balaban J connectivity index is 0.00000280. The van der Waals surface area contributed by atoms with Crippen molar-refractivity contribution in [2.45, 2.75) is 22.6 Å². The summed E-state index contributed by atoms with van der Waals surface area (Å²) in [6.45, 7) is 2.40. The number of amides is 1. The molecule has 0 fully saturated rings. The zero-order valence-corrected chi connectivity index (χ0v) is 20.1. The van der Waals surface area contributed by atoms with E-state index >= 15 is 0 Å². The molecule has 0 aliphatic carbocycles. The Labute approximate surface area is 197 Å². The minimum atomic E-state index is -3.83. The number of benzene rings is 1. The van der Waals surface area contributed by atoms with Crippen LogP contribution in [0.5, 0.6) is 0 Å². The van der Waals surface area contributed by atoms with Crippen LogP contribution in [-0.4, -0.2) is 35.6 Å². The number of hydrogen-bond donors (Lipinski definition) is 2. The highest BCUT2D eigenvalue weighted by atomic mass is 35.5. The van der Waals surface area contributed by atoms with Gasteiger partial charge in [0.1, 0.15) is 9.22 Å². The number of nitrogens with one attached hydrogen (secondary N) is 1. The number of hydrogen-bond acceptors (Lipinski definition) is 7. The third-order valence-corrected chi connectivity index (χ3v) is 7.04. The summed E-state index contributed by atoms with van der Waals surface area (Å²) >= 11 is 1.02. The predicted molar refractivity (Wildman–Crippen MR) is 124 cm³/mol. The largest absolute Gasteiger partial charge is 0.352 e. The number of aromatic nitrogens is 3. The summed E-state index contributed by atoms with van der Waals surface area (Å²) in [7, 11) is -2.07. The molecular weight excluding hydrogens is 493 g/mol. The topological polar surface area (TPSA) is 120 Å². The summed E-state index contributed by atoms with van der Waals surface area (Å²) in [6, 6.07) is 4.57. The smallest absolute Gasteiger partial charge is 0.251 e. The highest BCUT2D eigenvalue weighted by molar-refractivity contribution is 7.93. The van der Waals surface area contributed by atoms with Gasteiger partial charge in [-0.25, -0.2) is 13.4 Å². The van der Waals surface area contributed by atoms with Gasteiger partial charge in [0.15, 0.2) is 0 Å². The minimum Gasteiger partial charge on any atom is -0.352 e. The molecular formula is C17H22Cl3N5O3S2. The van der Waals surface area contributed by atoms with Crippen molar-refractivity contribution in [2.24, 2.45) is 12.8 Å². The molecule has 0 unspecified atom stereocenters. The number of rotatable bonds is 6. The molecule has 0 atom stereocenters. The van der Waals surface area contributed by atoms with Crippen LogP contribution in [0.15, 0.2) is 45.9 Å². The van der Waals surface area contributed by atoms with E-state index in [4.69, 9.17) is 5.73 Å². The van der Waals surface area contributed by atoms with Crippen molar-refractivity contribution in [3.63, 3.8) is 0 Å². The molecule has 0 aliphatic rings. The second-order valence-electron chi connectivity index (χ2n) is 5.79. The Morgan fingerprint density at radius 2 is 1.87 bits per heavy atom. The molecule has 30 heavy (non-hydrogen) atoms. The maximum Gasteiger partial charge on any atom is 0.251 e. The molecule has 1 aromatic carbocycles. The lowest BCUT2D eigenvalue weighted by Gasteiger charge is -2.09. The van der Waals surface area contributed by atoms with Gasteiger partial charge in [0, 0.05) is 37.5 Å². The van der Waals surface area contributed by atoms with E-state index in [0.717, 1.165) is 11.3 Å². The first kappa shape index (κ1) is 28.3. The van der Waals surface area contributed by atoms with Gasteiger partial charge in [0.25, 0.3) is 5.91 Å². The van der Waals surface area contributed by atoms with Gasteiger partial charge in [0.2, 0.25) is 9.84 Å². The van der Waals surface area contributed by atoms with Crippen molar-refractivity contribution in [3.8, 4) is 11.1 Å². The molecule has 0 bridgehead atoms. The van der Waals surface area contributed by atoms with Crippen LogP contribution < -0.4 is 11.1 Å². The third-order valence-electron chi connectivity index (χ3n) is 3.83. The van der Waals surface area contributed by atoms with Crippen LogP contribution in [-0.2, 0) is 23.4 Å². The molecule has 3 aromatic rings. The van der Waals surface area contributed by atoms with Crippen LogP contribution in [0.1, 0.15) is 22.3 Å². The Morgan fingerprint density at radius 1 is 1.17 bits per heavy atom. The molecule has 2 heterocycles. The summed E-state index contributed by atoms with van der Waals surface area (Å²) in [5, 5.41) is 7.34. The minimum absolute atomic E-state index is 0. The van der Waals surface area contributed by atoms with Crippen LogP contribution in [0, 0.1) is 0 Å². The standard InChI is InChI=1S/C17H19N5O3S2.3ClH/c1-3-19-17(23)12-4-11(13-8-21-22(2)10-13)5-14(6-12)27(24,25)16-9-20-15(7-18)26-16;;;/h4-6,8-10H,3,7,18H2,1-2H3,(H,19,23);3*1H. The predicted octanol–water partition coefficient (Wildman–Crippen LogP) is 2.85. The average molecular weight is 515 g/mol. The first-order chi connectivity index (χ1) is 12.8. The average Bonchev–Trinajstić information content (AvgIpc) is 3.30. The number of sulfone groups is 1. The van der Waals surface area contributed by atoms with E-state index in [9.17, 15) is 13.2 Å². The van der Waals surface area contributed by atoms with Crippen LogP contribution in [0.25, 0.3) is 11.1 Å². The fraction of sp³-hybridized carbons (Fsp3) is 0.235. The van der Waals surface area contributed by atoms with Crippen molar-refractivity contribution in [3.05, 3.63) is 47.4 Å². The highest BCUT2D eigenvalue weighted by Gasteiger charge is 2.23. The number of halogens is 3. The normalized spacial score (nSPS) is 10.4. The first-order valence-electron chi connectivity index (χ1n) is 8.17. The lowest BCUT2D eigenvalue weighted by atomic mass is 10.1. The van der Waals surface area contributed by atoms with Gasteiger partial charge < -0.3 is 11.1 Å². The number of thiazole rings is 1. The van der Waals surface area contributed by atoms with Crippen LogP contribution in [0.2, 0.25) is 0 Å². The summed E-state index contributed by atoms with van der Waals surface area (Å²) < 4.78 is 27.8. The fourth-order valence-electron chi connectivity index (χ4n) is 2.51. The van der Waals surface area contributed by atoms with Crippen LogP contribution in [0.4, 0.5) is 0 Å². The Morgan fingerprint density at radius 3 is 2.40 bits per heavy atom. The molecule has 3 N–H and O–H groups in total. The van der Waals surface area contributed by atoms with Gasteiger partial charge in [-0.05, 0) is 30.7 Å². The SMILES string of the molecule is CCNC(=O)c1cc(-c2cnn(C)c2)cc(S(=O)(=O)c2cnc(CN)s2)c1.Cl.Cl.Cl. The zero-order chi connectivity index (χ0) is 19.6. The molecule has 13 heteroatoms. The fourth-order valence-corrected chi connectivity index (χ4v) is 5.04. The maximum absolute atomic E-state index is 13.1. The van der Waals surface area contributed by atoms with Crippen molar-refractivity contribution in [1.82, 2.24) is 20.1 Å². The van der Waals surface area contributed by atoms with E-state index in [1.54, 1.807) is 37.1 Å². The monoisotopic (exact) mass is 513 g/mol. The van der Waals surface area contributed by atoms with Gasteiger partial charge in [-0.3, -0.25) is 9.48 Å². The van der Waals surface area contributed by atoms with E-state index in [1.165, 1.54) is 18.3 Å². The van der Waals surface area contributed by atoms with E-state index in [2.05, 4.69) is 15.4 Å². The van der Waals surface area contributed by atoms with Crippen LogP contribution in [0.3, 0.4) is 0 Å². The summed E-state index contributed by atoms with van der Waals surface area (Å²) in [6.07, 6.45) is 4.67. The molecule has 3 rings (SSSR count). The lowest BCUT2D eigenvalue weighted by molar-refractivity contribution is 0.0955. The second kappa shape index (κ2) is 11.6. The Kier molecular flexibility index (Phi) is 11.0. The maximum atomic E-state index is 13.1. The first-order valence-corrected chi connectivity index (χ1v) is 10.5. The Hall–Kier alpha value is -1.69. The molecule has 0 saturated heterocycles. The zero-order valence-electron chi connectivity index (χ0n) is 16.1. The summed E-state index contributed by atoms with van der Waals surface area (Å²) in [5.41, 5.74) is 7.11. The van der Waals surface area contributed by atoms with Gasteiger partial charge in [-0.15, -0.1) is 48.6 Å².